The second-order valence-electron chi connectivity index (χ2n) is 9.87. The molecule has 1 saturated heterocycles. The first-order chi connectivity index (χ1) is 20.7. The highest BCUT2D eigenvalue weighted by Crippen LogP contribution is 2.39. The molecule has 1 aliphatic rings. The zero-order valence-corrected chi connectivity index (χ0v) is 23.5. The number of carbonyl (C=O) groups excluding carboxylic acids is 1. The van der Waals surface area contributed by atoms with E-state index in [1.807, 2.05) is 115 Å². The van der Waals surface area contributed by atoms with Crippen molar-refractivity contribution >= 4 is 18.2 Å². The van der Waals surface area contributed by atoms with Gasteiger partial charge in [0.2, 0.25) is 0 Å². The zero-order valence-electron chi connectivity index (χ0n) is 23.5. The first-order valence-electron chi connectivity index (χ1n) is 14.1. The van der Waals surface area contributed by atoms with E-state index < -0.39 is 5.60 Å². The molecule has 0 aliphatic carbocycles. The Balaban J connectivity index is 1.25. The molecule has 1 fully saturated rings. The maximum atomic E-state index is 13.0. The summed E-state index contributed by atoms with van der Waals surface area (Å²) in [6.45, 7) is 4.72. The molecule has 0 aromatic heterocycles. The van der Waals surface area contributed by atoms with Gasteiger partial charge in [0, 0.05) is 25.7 Å². The van der Waals surface area contributed by atoms with Crippen LogP contribution in [0.1, 0.15) is 27.8 Å². The van der Waals surface area contributed by atoms with Crippen molar-refractivity contribution in [3.8, 4) is 0 Å². The molecule has 0 saturated carbocycles. The van der Waals surface area contributed by atoms with Crippen molar-refractivity contribution in [1.82, 2.24) is 10.4 Å². The van der Waals surface area contributed by atoms with Crippen LogP contribution in [-0.4, -0.2) is 56.5 Å². The van der Waals surface area contributed by atoms with Gasteiger partial charge in [-0.15, -0.1) is 0 Å². The minimum Gasteiger partial charge on any atom is -0.394 e. The standard InChI is InChI=1S/C35H35N3O4/c39-34(20-19-29-11-10-12-30(27-29)28-36-41-26-23-38-21-24-40-25-22-38)37-42-35(31-13-4-1-5-14-31,32-15-6-2-7-16-32)33-17-8-3-9-18-33/h1-20,27-28H,21-26H2,(H,37,39)/b20-19+,36-28?. The highest BCUT2D eigenvalue weighted by Gasteiger charge is 2.38. The maximum absolute atomic E-state index is 13.0. The van der Waals surface area contributed by atoms with E-state index >= 15 is 0 Å². The number of morpholine rings is 1. The van der Waals surface area contributed by atoms with E-state index in [4.69, 9.17) is 14.4 Å². The van der Waals surface area contributed by atoms with Crippen molar-refractivity contribution < 1.29 is 19.2 Å². The third-order valence-electron chi connectivity index (χ3n) is 7.06. The van der Waals surface area contributed by atoms with Crippen LogP contribution in [-0.2, 0) is 24.8 Å². The second-order valence-corrected chi connectivity index (χ2v) is 9.87. The van der Waals surface area contributed by atoms with Gasteiger partial charge in [-0.2, -0.15) is 0 Å². The van der Waals surface area contributed by atoms with Crippen LogP contribution in [0.4, 0.5) is 0 Å². The lowest BCUT2D eigenvalue weighted by Gasteiger charge is -2.34. The first kappa shape index (κ1) is 29.0. The van der Waals surface area contributed by atoms with Crippen molar-refractivity contribution in [3.63, 3.8) is 0 Å². The molecule has 1 aliphatic heterocycles. The van der Waals surface area contributed by atoms with Crippen LogP contribution < -0.4 is 5.48 Å². The van der Waals surface area contributed by atoms with Crippen LogP contribution in [0.5, 0.6) is 0 Å². The molecule has 7 nitrogen and oxygen atoms in total. The lowest BCUT2D eigenvalue weighted by atomic mass is 9.80. The van der Waals surface area contributed by atoms with E-state index in [0.717, 1.165) is 60.7 Å². The molecule has 4 aromatic carbocycles. The smallest absolute Gasteiger partial charge is 0.267 e. The number of hydroxylamine groups is 1. The Labute approximate surface area is 247 Å². The van der Waals surface area contributed by atoms with Gasteiger partial charge in [0.15, 0.2) is 5.60 Å². The molecule has 42 heavy (non-hydrogen) atoms. The summed E-state index contributed by atoms with van der Waals surface area (Å²) in [5.74, 6) is -0.382. The molecule has 0 unspecified atom stereocenters. The Morgan fingerprint density at radius 2 is 1.38 bits per heavy atom. The average molecular weight is 562 g/mol. The van der Waals surface area contributed by atoms with Gasteiger partial charge in [0.05, 0.1) is 19.4 Å². The van der Waals surface area contributed by atoms with Gasteiger partial charge in [-0.05, 0) is 40.0 Å². The Kier molecular flexibility index (Phi) is 10.3. The fourth-order valence-corrected chi connectivity index (χ4v) is 4.92. The number of carbonyl (C=O) groups is 1. The van der Waals surface area contributed by atoms with Gasteiger partial charge in [-0.3, -0.25) is 14.5 Å². The molecule has 0 radical (unpaired) electrons. The molecule has 0 bridgehead atoms. The number of hydrogen-bond donors (Lipinski definition) is 1. The number of benzene rings is 4. The molecule has 4 aromatic rings. The van der Waals surface area contributed by atoms with Crippen molar-refractivity contribution in [1.29, 1.82) is 0 Å². The molecule has 0 atom stereocenters. The van der Waals surface area contributed by atoms with Crippen LogP contribution in [0.25, 0.3) is 6.08 Å². The Bertz CT molecular complexity index is 1360. The summed E-state index contributed by atoms with van der Waals surface area (Å²) in [5, 5.41) is 4.10. The lowest BCUT2D eigenvalue weighted by Crippen LogP contribution is -2.40. The average Bonchev–Trinajstić information content (AvgIpc) is 3.06. The number of oxime groups is 1. The largest absolute Gasteiger partial charge is 0.394 e. The minimum atomic E-state index is -1.05. The molecule has 1 N–H and O–H groups in total. The predicted molar refractivity (Wildman–Crippen MR) is 165 cm³/mol. The molecule has 7 heteroatoms. The minimum absolute atomic E-state index is 0.382. The number of ether oxygens (including phenoxy) is 1. The van der Waals surface area contributed by atoms with Crippen LogP contribution in [0.15, 0.2) is 126 Å². The van der Waals surface area contributed by atoms with Crippen LogP contribution in [0.3, 0.4) is 0 Å². The van der Waals surface area contributed by atoms with Crippen LogP contribution in [0.2, 0.25) is 0 Å². The number of nitrogens with one attached hydrogen (secondary N) is 1. The number of rotatable bonds is 12. The van der Waals surface area contributed by atoms with Crippen LogP contribution in [0, 0.1) is 0 Å². The summed E-state index contributed by atoms with van der Waals surface area (Å²) < 4.78 is 5.36. The van der Waals surface area contributed by atoms with E-state index in [1.165, 1.54) is 6.08 Å². The third-order valence-corrected chi connectivity index (χ3v) is 7.06. The Hall–Kier alpha value is -4.56. The topological polar surface area (TPSA) is 72.4 Å². The highest BCUT2D eigenvalue weighted by atomic mass is 16.7. The number of hydrogen-bond acceptors (Lipinski definition) is 6. The normalized spacial score (nSPS) is 14.3. The van der Waals surface area contributed by atoms with Gasteiger partial charge in [-0.1, -0.05) is 114 Å². The van der Waals surface area contributed by atoms with Gasteiger partial charge < -0.3 is 9.57 Å². The molecule has 1 amide bonds. The van der Waals surface area contributed by atoms with Gasteiger partial charge in [0.25, 0.3) is 5.91 Å². The van der Waals surface area contributed by atoms with Gasteiger partial charge in [-0.25, -0.2) is 5.48 Å². The summed E-state index contributed by atoms with van der Waals surface area (Å²) >= 11 is 0. The monoisotopic (exact) mass is 561 g/mol. The number of nitrogens with zero attached hydrogens (tertiary/aromatic N) is 2. The summed E-state index contributed by atoms with van der Waals surface area (Å²) in [4.78, 5) is 27.2. The molecular formula is C35H35N3O4. The predicted octanol–water partition coefficient (Wildman–Crippen LogP) is 5.42. The summed E-state index contributed by atoms with van der Waals surface area (Å²) in [6.07, 6.45) is 4.87. The van der Waals surface area contributed by atoms with Crippen LogP contribution >= 0.6 is 0 Å². The quantitative estimate of drug-likeness (QED) is 0.0822. The van der Waals surface area contributed by atoms with Crippen molar-refractivity contribution in [2.45, 2.75) is 5.60 Å². The van der Waals surface area contributed by atoms with Gasteiger partial charge in [0.1, 0.15) is 6.61 Å². The molecule has 0 spiro atoms. The van der Waals surface area contributed by atoms with Gasteiger partial charge >= 0.3 is 0 Å². The zero-order chi connectivity index (χ0) is 28.9. The van der Waals surface area contributed by atoms with E-state index in [9.17, 15) is 4.79 Å². The van der Waals surface area contributed by atoms with Crippen molar-refractivity contribution in [2.24, 2.45) is 5.16 Å². The van der Waals surface area contributed by atoms with E-state index in [-0.39, 0.29) is 5.91 Å². The van der Waals surface area contributed by atoms with Crippen molar-refractivity contribution in [3.05, 3.63) is 149 Å². The fraction of sp³-hybridized carbons (Fsp3) is 0.200. The van der Waals surface area contributed by atoms with Crippen molar-refractivity contribution in [2.75, 3.05) is 39.5 Å². The fourth-order valence-electron chi connectivity index (χ4n) is 4.92. The molecule has 5 rings (SSSR count). The Morgan fingerprint density at radius 1 is 0.810 bits per heavy atom. The van der Waals surface area contributed by atoms with E-state index in [2.05, 4.69) is 15.5 Å². The molecular weight excluding hydrogens is 526 g/mol. The SMILES string of the molecule is O=C(/C=C/c1cccc(C=NOCCN2CCOCC2)c1)NOC(c1ccccc1)(c1ccccc1)c1ccccc1. The summed E-state index contributed by atoms with van der Waals surface area (Å²) in [6, 6.07) is 37.4. The highest BCUT2D eigenvalue weighted by molar-refractivity contribution is 5.91. The summed E-state index contributed by atoms with van der Waals surface area (Å²) in [7, 11) is 0. The maximum Gasteiger partial charge on any atom is 0.267 e. The third kappa shape index (κ3) is 7.59. The number of amides is 1. The van der Waals surface area contributed by atoms with E-state index in [1.54, 1.807) is 12.3 Å². The Morgan fingerprint density at radius 3 is 1.98 bits per heavy atom. The summed E-state index contributed by atoms with van der Waals surface area (Å²) in [5.41, 5.74) is 6.05. The molecule has 1 heterocycles. The molecule has 214 valence electrons. The lowest BCUT2D eigenvalue weighted by molar-refractivity contribution is -0.138. The van der Waals surface area contributed by atoms with E-state index in [0.29, 0.717) is 6.61 Å². The first-order valence-corrected chi connectivity index (χ1v) is 14.1. The second kappa shape index (κ2) is 14.9.